The van der Waals surface area contributed by atoms with E-state index < -0.39 is 17.4 Å². The van der Waals surface area contributed by atoms with Crippen LogP contribution in [0.5, 0.6) is 0 Å². The van der Waals surface area contributed by atoms with E-state index in [2.05, 4.69) is 0 Å². The van der Waals surface area contributed by atoms with Crippen molar-refractivity contribution in [3.63, 3.8) is 0 Å². The molecular weight excluding hydrogens is 220 g/mol. The summed E-state index contributed by atoms with van der Waals surface area (Å²) >= 11 is 0. The van der Waals surface area contributed by atoms with Crippen LogP contribution in [0, 0.1) is 11.3 Å². The van der Waals surface area contributed by atoms with E-state index in [1.54, 1.807) is 0 Å². The number of rotatable bonds is 7. The maximum atomic E-state index is 11.7. The van der Waals surface area contributed by atoms with Crippen LogP contribution in [-0.4, -0.2) is 25.2 Å². The van der Waals surface area contributed by atoms with Crippen molar-refractivity contribution in [1.29, 1.82) is 0 Å². The molecule has 0 aliphatic rings. The molecule has 0 bridgehead atoms. The Hall–Kier alpha value is -1.06. The Kier molecular flexibility index (Phi) is 6.85. The van der Waals surface area contributed by atoms with Crippen LogP contribution in [0.1, 0.15) is 47.5 Å². The topological polar surface area (TPSA) is 52.6 Å². The minimum absolute atomic E-state index is 0.255. The maximum absolute atomic E-state index is 11.7. The van der Waals surface area contributed by atoms with Crippen molar-refractivity contribution in [3.8, 4) is 0 Å². The zero-order chi connectivity index (χ0) is 13.5. The van der Waals surface area contributed by atoms with Gasteiger partial charge in [0.2, 0.25) is 0 Å². The van der Waals surface area contributed by atoms with Crippen molar-refractivity contribution >= 4 is 11.9 Å². The molecule has 0 atom stereocenters. The summed E-state index contributed by atoms with van der Waals surface area (Å²) in [6.07, 6.45) is 1.76. The van der Waals surface area contributed by atoms with Gasteiger partial charge in [0.1, 0.15) is 0 Å². The van der Waals surface area contributed by atoms with Gasteiger partial charge in [0.25, 0.3) is 0 Å². The number of hydrogen-bond acceptors (Lipinski definition) is 4. The van der Waals surface area contributed by atoms with Gasteiger partial charge in [-0.25, -0.2) is 0 Å². The van der Waals surface area contributed by atoms with Gasteiger partial charge in [0.05, 0.1) is 13.2 Å². The number of unbranched alkanes of at least 4 members (excludes halogenated alkanes) is 1. The second-order valence-corrected chi connectivity index (χ2v) is 5.11. The second-order valence-electron chi connectivity index (χ2n) is 5.11. The van der Waals surface area contributed by atoms with Crippen molar-refractivity contribution in [2.24, 2.45) is 11.3 Å². The van der Waals surface area contributed by atoms with E-state index in [-0.39, 0.29) is 5.92 Å². The van der Waals surface area contributed by atoms with Gasteiger partial charge >= 0.3 is 11.9 Å². The average molecular weight is 244 g/mol. The van der Waals surface area contributed by atoms with Crippen LogP contribution in [0.25, 0.3) is 0 Å². The van der Waals surface area contributed by atoms with Crippen LogP contribution in [0.2, 0.25) is 0 Å². The largest absolute Gasteiger partial charge is 0.465 e. The van der Waals surface area contributed by atoms with Crippen molar-refractivity contribution in [2.45, 2.75) is 47.5 Å². The summed E-state index contributed by atoms with van der Waals surface area (Å²) in [5, 5.41) is 0. The average Bonchev–Trinajstić information content (AvgIpc) is 2.25. The highest BCUT2D eigenvalue weighted by atomic mass is 16.6. The predicted octanol–water partition coefficient (Wildman–Crippen LogP) is 2.56. The second kappa shape index (κ2) is 7.30. The van der Waals surface area contributed by atoms with Crippen LogP contribution in [0.4, 0.5) is 0 Å². The Morgan fingerprint density at radius 2 is 1.65 bits per heavy atom. The summed E-state index contributed by atoms with van der Waals surface area (Å²) in [4.78, 5) is 23.4. The van der Waals surface area contributed by atoms with Crippen LogP contribution in [-0.2, 0) is 19.1 Å². The molecule has 0 rings (SSSR count). The summed E-state index contributed by atoms with van der Waals surface area (Å²) in [6.45, 7) is 9.64. The van der Waals surface area contributed by atoms with E-state index in [1.807, 2.05) is 20.8 Å². The number of hydrogen-bond donors (Lipinski definition) is 0. The first-order valence-electron chi connectivity index (χ1n) is 6.16. The fraction of sp³-hybridized carbons (Fsp3) is 0.846. The normalized spacial score (nSPS) is 11.4. The summed E-state index contributed by atoms with van der Waals surface area (Å²) in [6, 6.07) is 0. The summed E-state index contributed by atoms with van der Waals surface area (Å²) in [5.74, 6) is -0.779. The quantitative estimate of drug-likeness (QED) is 0.392. The Balaban J connectivity index is 4.23. The monoisotopic (exact) mass is 244 g/mol. The van der Waals surface area contributed by atoms with E-state index in [9.17, 15) is 9.59 Å². The van der Waals surface area contributed by atoms with Crippen LogP contribution < -0.4 is 0 Å². The minimum Gasteiger partial charge on any atom is -0.465 e. The van der Waals surface area contributed by atoms with Crippen LogP contribution in [0.15, 0.2) is 0 Å². The van der Waals surface area contributed by atoms with Gasteiger partial charge in [-0.3, -0.25) is 9.59 Å². The first-order chi connectivity index (χ1) is 7.82. The molecule has 0 heterocycles. The third kappa shape index (κ3) is 5.71. The lowest BCUT2D eigenvalue weighted by molar-refractivity contribution is -0.170. The Labute approximate surface area is 104 Å². The molecule has 4 heteroatoms. The molecule has 0 aromatic carbocycles. The highest BCUT2D eigenvalue weighted by molar-refractivity contribution is 5.99. The lowest BCUT2D eigenvalue weighted by Crippen LogP contribution is -2.37. The lowest BCUT2D eigenvalue weighted by Gasteiger charge is -2.21. The molecule has 0 aliphatic heterocycles. The zero-order valence-corrected chi connectivity index (χ0v) is 11.5. The molecule has 100 valence electrons. The molecule has 0 amide bonds. The summed E-state index contributed by atoms with van der Waals surface area (Å²) in [7, 11) is 0. The van der Waals surface area contributed by atoms with Crippen molar-refractivity contribution in [1.82, 2.24) is 0 Å². The molecule has 0 aromatic heterocycles. The molecule has 0 radical (unpaired) electrons. The molecular formula is C13H24O4. The first-order valence-corrected chi connectivity index (χ1v) is 6.16. The van der Waals surface area contributed by atoms with E-state index in [4.69, 9.17) is 9.47 Å². The molecule has 0 unspecified atom stereocenters. The van der Waals surface area contributed by atoms with Gasteiger partial charge in [-0.1, -0.05) is 27.2 Å². The van der Waals surface area contributed by atoms with Crippen LogP contribution in [0.3, 0.4) is 0 Å². The molecule has 0 aromatic rings. The van der Waals surface area contributed by atoms with Crippen molar-refractivity contribution in [2.75, 3.05) is 13.2 Å². The number of ether oxygens (including phenoxy) is 2. The standard InChI is InChI=1S/C13H24O4/c1-6-7-8-16-11(14)13(4,5)12(15)17-9-10(2)3/h10H,6-9H2,1-5H3. The van der Waals surface area contributed by atoms with E-state index in [0.29, 0.717) is 13.2 Å². The molecule has 0 N–H and O–H groups in total. The fourth-order valence-electron chi connectivity index (χ4n) is 0.996. The SMILES string of the molecule is CCCCOC(=O)C(C)(C)C(=O)OCC(C)C. The first kappa shape index (κ1) is 15.9. The van der Waals surface area contributed by atoms with Crippen molar-refractivity contribution < 1.29 is 19.1 Å². The molecule has 0 saturated carbocycles. The third-order valence-electron chi connectivity index (χ3n) is 2.30. The van der Waals surface area contributed by atoms with Gasteiger partial charge in [-0.05, 0) is 26.2 Å². The molecule has 17 heavy (non-hydrogen) atoms. The van der Waals surface area contributed by atoms with Crippen LogP contribution >= 0.6 is 0 Å². The van der Waals surface area contributed by atoms with E-state index >= 15 is 0 Å². The summed E-state index contributed by atoms with van der Waals surface area (Å²) < 4.78 is 10.1. The highest BCUT2D eigenvalue weighted by Crippen LogP contribution is 2.20. The molecule has 4 nitrogen and oxygen atoms in total. The minimum atomic E-state index is -1.22. The highest BCUT2D eigenvalue weighted by Gasteiger charge is 2.39. The maximum Gasteiger partial charge on any atom is 0.322 e. The Morgan fingerprint density at radius 1 is 1.12 bits per heavy atom. The fourth-order valence-corrected chi connectivity index (χ4v) is 0.996. The Morgan fingerprint density at radius 3 is 2.12 bits per heavy atom. The smallest absolute Gasteiger partial charge is 0.322 e. The van der Waals surface area contributed by atoms with Gasteiger partial charge in [0, 0.05) is 0 Å². The van der Waals surface area contributed by atoms with Gasteiger partial charge in [0.15, 0.2) is 5.41 Å². The number of esters is 2. The van der Waals surface area contributed by atoms with E-state index in [1.165, 1.54) is 13.8 Å². The lowest BCUT2D eigenvalue weighted by atomic mass is 9.94. The number of carbonyl (C=O) groups is 2. The third-order valence-corrected chi connectivity index (χ3v) is 2.30. The Bertz CT molecular complexity index is 256. The summed E-state index contributed by atoms with van der Waals surface area (Å²) in [5.41, 5.74) is -1.22. The van der Waals surface area contributed by atoms with Crippen molar-refractivity contribution in [3.05, 3.63) is 0 Å². The van der Waals surface area contributed by atoms with E-state index in [0.717, 1.165) is 12.8 Å². The molecule has 0 aliphatic carbocycles. The zero-order valence-electron chi connectivity index (χ0n) is 11.5. The number of carbonyl (C=O) groups excluding carboxylic acids is 2. The molecule has 0 spiro atoms. The molecule has 0 fully saturated rings. The van der Waals surface area contributed by atoms with Gasteiger partial charge in [-0.15, -0.1) is 0 Å². The predicted molar refractivity (Wildman–Crippen MR) is 65.4 cm³/mol. The van der Waals surface area contributed by atoms with Gasteiger partial charge in [-0.2, -0.15) is 0 Å². The van der Waals surface area contributed by atoms with Gasteiger partial charge < -0.3 is 9.47 Å². The molecule has 0 saturated heterocycles.